The second kappa shape index (κ2) is 9.87. The minimum absolute atomic E-state index is 0.103. The molecule has 0 bridgehead atoms. The number of nitrogens with zero attached hydrogens (tertiary/aromatic N) is 2. The highest BCUT2D eigenvalue weighted by atomic mass is 16.2. The lowest BCUT2D eigenvalue weighted by Crippen LogP contribution is -2.30. The van der Waals surface area contributed by atoms with Gasteiger partial charge >= 0.3 is 0 Å². The van der Waals surface area contributed by atoms with E-state index in [9.17, 15) is 9.59 Å². The lowest BCUT2D eigenvalue weighted by atomic mass is 10.0. The predicted molar refractivity (Wildman–Crippen MR) is 105 cm³/mol. The summed E-state index contributed by atoms with van der Waals surface area (Å²) < 4.78 is 0. The van der Waals surface area contributed by atoms with Crippen LogP contribution in [-0.4, -0.2) is 37.4 Å². The van der Waals surface area contributed by atoms with Crippen molar-refractivity contribution in [3.63, 3.8) is 0 Å². The fourth-order valence-corrected chi connectivity index (χ4v) is 2.51. The second-order valence-electron chi connectivity index (χ2n) is 6.39. The van der Waals surface area contributed by atoms with Crippen molar-refractivity contribution in [2.45, 2.75) is 40.5 Å². The van der Waals surface area contributed by atoms with E-state index >= 15 is 0 Å². The van der Waals surface area contributed by atoms with E-state index in [1.54, 1.807) is 18.0 Å². The molecule has 0 aromatic heterocycles. The number of anilines is 2. The van der Waals surface area contributed by atoms with E-state index < -0.39 is 0 Å². The molecular formula is C20H31N3O2. The molecule has 1 aromatic rings. The molecule has 0 saturated heterocycles. The van der Waals surface area contributed by atoms with Gasteiger partial charge in [-0.3, -0.25) is 9.59 Å². The topological polar surface area (TPSA) is 52.7 Å². The van der Waals surface area contributed by atoms with E-state index in [0.717, 1.165) is 30.6 Å². The number of rotatable bonds is 10. The maximum atomic E-state index is 12.7. The van der Waals surface area contributed by atoms with Crippen molar-refractivity contribution in [2.24, 2.45) is 5.92 Å². The molecule has 0 spiro atoms. The van der Waals surface area contributed by atoms with Crippen LogP contribution in [0.15, 0.2) is 30.5 Å². The lowest BCUT2D eigenvalue weighted by molar-refractivity contribution is -0.107. The number of carbonyl (C=O) groups is 2. The van der Waals surface area contributed by atoms with Crippen LogP contribution in [0.2, 0.25) is 0 Å². The Kier molecular flexibility index (Phi) is 8.19. The van der Waals surface area contributed by atoms with Crippen LogP contribution in [0.1, 0.15) is 50.9 Å². The molecule has 1 unspecified atom stereocenters. The summed E-state index contributed by atoms with van der Waals surface area (Å²) in [5, 5.41) is 3.29. The highest BCUT2D eigenvalue weighted by molar-refractivity contribution is 6.02. The number of nitrogens with one attached hydrogen (secondary N) is 1. The molecule has 2 amide bonds. The minimum atomic E-state index is -0.103. The monoisotopic (exact) mass is 345 g/mol. The summed E-state index contributed by atoms with van der Waals surface area (Å²) in [6.07, 6.45) is 2.73. The van der Waals surface area contributed by atoms with E-state index in [2.05, 4.69) is 25.7 Å². The van der Waals surface area contributed by atoms with Crippen molar-refractivity contribution >= 4 is 23.7 Å². The zero-order valence-corrected chi connectivity index (χ0v) is 16.1. The van der Waals surface area contributed by atoms with Crippen molar-refractivity contribution in [1.29, 1.82) is 0 Å². The fourth-order valence-electron chi connectivity index (χ4n) is 2.51. The molecule has 0 saturated carbocycles. The van der Waals surface area contributed by atoms with Gasteiger partial charge in [-0.25, -0.2) is 0 Å². The molecule has 0 aliphatic carbocycles. The maximum absolute atomic E-state index is 12.7. The van der Waals surface area contributed by atoms with Crippen molar-refractivity contribution in [3.05, 3.63) is 36.0 Å². The Labute approximate surface area is 151 Å². The number of allylic oxidation sites excluding steroid dienone is 1. The van der Waals surface area contributed by atoms with E-state index in [4.69, 9.17) is 0 Å². The Bertz CT molecular complexity index is 613. The molecule has 25 heavy (non-hydrogen) atoms. The van der Waals surface area contributed by atoms with Gasteiger partial charge in [0.15, 0.2) is 0 Å². The normalized spacial score (nSPS) is 11.6. The first-order valence-corrected chi connectivity index (χ1v) is 8.94. The van der Waals surface area contributed by atoms with Crippen LogP contribution < -0.4 is 10.2 Å². The van der Waals surface area contributed by atoms with Crippen LogP contribution in [-0.2, 0) is 4.79 Å². The Hall–Kier alpha value is -2.30. The molecule has 1 N–H and O–H groups in total. The van der Waals surface area contributed by atoms with Crippen LogP contribution in [0.4, 0.5) is 11.4 Å². The summed E-state index contributed by atoms with van der Waals surface area (Å²) >= 11 is 0. The lowest BCUT2D eigenvalue weighted by Gasteiger charge is -2.23. The van der Waals surface area contributed by atoms with Gasteiger partial charge in [0, 0.05) is 31.5 Å². The number of amides is 2. The third-order valence-corrected chi connectivity index (χ3v) is 4.44. The van der Waals surface area contributed by atoms with E-state index in [-0.39, 0.29) is 5.91 Å². The van der Waals surface area contributed by atoms with Gasteiger partial charge in [-0.1, -0.05) is 26.8 Å². The minimum Gasteiger partial charge on any atom is -0.359 e. The number of hydrogen-bond donors (Lipinski definition) is 1. The highest BCUT2D eigenvalue weighted by Gasteiger charge is 2.19. The third kappa shape index (κ3) is 5.62. The van der Waals surface area contributed by atoms with Crippen molar-refractivity contribution in [3.8, 4) is 0 Å². The second-order valence-corrected chi connectivity index (χ2v) is 6.39. The van der Waals surface area contributed by atoms with Gasteiger partial charge in [-0.05, 0) is 44.4 Å². The van der Waals surface area contributed by atoms with E-state index in [1.165, 1.54) is 4.90 Å². The Morgan fingerprint density at radius 3 is 2.48 bits per heavy atom. The number of benzene rings is 1. The molecule has 0 radical (unpaired) electrons. The summed E-state index contributed by atoms with van der Waals surface area (Å²) in [6.45, 7) is 13.3. The molecule has 0 heterocycles. The van der Waals surface area contributed by atoms with Crippen LogP contribution in [0.5, 0.6) is 0 Å². The zero-order valence-electron chi connectivity index (χ0n) is 16.1. The van der Waals surface area contributed by atoms with Gasteiger partial charge in [-0.2, -0.15) is 0 Å². The van der Waals surface area contributed by atoms with Crippen molar-refractivity contribution in [2.75, 3.05) is 30.4 Å². The largest absolute Gasteiger partial charge is 0.359 e. The quantitative estimate of drug-likeness (QED) is 0.649. The Balaban J connectivity index is 3.17. The maximum Gasteiger partial charge on any atom is 0.255 e. The van der Waals surface area contributed by atoms with Crippen LogP contribution in [0.25, 0.3) is 0 Å². The van der Waals surface area contributed by atoms with Gasteiger partial charge in [0.25, 0.3) is 5.91 Å². The number of hydrogen-bond acceptors (Lipinski definition) is 3. The van der Waals surface area contributed by atoms with Gasteiger partial charge in [0.2, 0.25) is 6.41 Å². The summed E-state index contributed by atoms with van der Waals surface area (Å²) in [6, 6.07) is 5.50. The molecule has 0 aliphatic heterocycles. The van der Waals surface area contributed by atoms with Gasteiger partial charge in [0.05, 0.1) is 11.3 Å². The summed E-state index contributed by atoms with van der Waals surface area (Å²) in [5.41, 5.74) is 2.87. The standard InChI is InChI=1S/C20H31N3O2/c1-7-15(4)12-16(5)21-17-10-11-19(23(9-3)14-24)18(13-17)20(25)22(6)8-2/h10-11,13-15,21H,5,7-9,12H2,1-4,6H3. The first-order chi connectivity index (χ1) is 11.9. The van der Waals surface area contributed by atoms with Crippen LogP contribution in [0, 0.1) is 5.92 Å². The molecule has 138 valence electrons. The first-order valence-electron chi connectivity index (χ1n) is 8.94. The Morgan fingerprint density at radius 1 is 1.28 bits per heavy atom. The molecule has 1 rings (SSSR count). The average Bonchev–Trinajstić information content (AvgIpc) is 2.61. The molecule has 0 fully saturated rings. The molecule has 1 aromatic carbocycles. The molecule has 1 atom stereocenters. The Morgan fingerprint density at radius 2 is 1.96 bits per heavy atom. The van der Waals surface area contributed by atoms with Crippen molar-refractivity contribution < 1.29 is 9.59 Å². The van der Waals surface area contributed by atoms with Gasteiger partial charge in [0.1, 0.15) is 0 Å². The van der Waals surface area contributed by atoms with Gasteiger partial charge in [-0.15, -0.1) is 0 Å². The summed E-state index contributed by atoms with van der Waals surface area (Å²) in [5.74, 6) is 0.450. The zero-order chi connectivity index (χ0) is 19.0. The SMILES string of the molecule is C=C(CC(C)CC)Nc1ccc(N(C=O)CC)c(C(=O)N(C)CC)c1. The van der Waals surface area contributed by atoms with E-state index in [1.807, 2.05) is 26.0 Å². The molecular weight excluding hydrogens is 314 g/mol. The fraction of sp³-hybridized carbons (Fsp3) is 0.500. The highest BCUT2D eigenvalue weighted by Crippen LogP contribution is 2.26. The number of carbonyl (C=O) groups excluding carboxylic acids is 2. The predicted octanol–water partition coefficient (Wildman–Crippen LogP) is 4.12. The molecule has 5 heteroatoms. The first kappa shape index (κ1) is 20.7. The summed E-state index contributed by atoms with van der Waals surface area (Å²) in [7, 11) is 1.76. The third-order valence-electron chi connectivity index (χ3n) is 4.44. The van der Waals surface area contributed by atoms with Crippen LogP contribution >= 0.6 is 0 Å². The van der Waals surface area contributed by atoms with E-state index in [0.29, 0.717) is 30.3 Å². The average molecular weight is 345 g/mol. The van der Waals surface area contributed by atoms with Gasteiger partial charge < -0.3 is 15.1 Å². The van der Waals surface area contributed by atoms with Crippen LogP contribution in [0.3, 0.4) is 0 Å². The smallest absolute Gasteiger partial charge is 0.255 e. The molecule has 0 aliphatic rings. The molecule has 5 nitrogen and oxygen atoms in total. The van der Waals surface area contributed by atoms with Crippen molar-refractivity contribution in [1.82, 2.24) is 4.90 Å². The summed E-state index contributed by atoms with van der Waals surface area (Å²) in [4.78, 5) is 27.2.